The third kappa shape index (κ3) is 8.74. The third-order valence-electron chi connectivity index (χ3n) is 2.60. The van der Waals surface area contributed by atoms with Gasteiger partial charge in [-0.3, -0.25) is 14.6 Å². The molecule has 10 heteroatoms. The van der Waals surface area contributed by atoms with E-state index in [9.17, 15) is 14.4 Å². The zero-order valence-corrected chi connectivity index (χ0v) is 12.4. The highest BCUT2D eigenvalue weighted by molar-refractivity contribution is 7.80. The largest absolute Gasteiger partial charge is 0.480 e. The fourth-order valence-electron chi connectivity index (χ4n) is 1.53. The summed E-state index contributed by atoms with van der Waals surface area (Å²) < 4.78 is 0. The average molecular weight is 319 g/mol. The van der Waals surface area contributed by atoms with Crippen molar-refractivity contribution >= 4 is 36.4 Å². The van der Waals surface area contributed by atoms with E-state index in [0.29, 0.717) is 6.42 Å². The van der Waals surface area contributed by atoms with Gasteiger partial charge in [0.25, 0.3) is 0 Å². The van der Waals surface area contributed by atoms with Gasteiger partial charge >= 0.3 is 5.97 Å². The number of amides is 2. The number of hydrogen-bond donors (Lipinski definition) is 6. The Morgan fingerprint density at radius 1 is 1.24 bits per heavy atom. The Bertz CT molecular complexity index is 411. The molecule has 1 unspecified atom stereocenters. The van der Waals surface area contributed by atoms with E-state index in [0.717, 1.165) is 0 Å². The number of guanidine groups is 1. The first-order valence-electron chi connectivity index (χ1n) is 6.25. The number of hydrogen-bond acceptors (Lipinski definition) is 5. The molecule has 2 atom stereocenters. The lowest BCUT2D eigenvalue weighted by atomic mass is 10.0. The second-order valence-electron chi connectivity index (χ2n) is 4.40. The van der Waals surface area contributed by atoms with Crippen LogP contribution in [0.4, 0.5) is 0 Å². The standard InChI is InChI=1S/C11H21N5O4S/c12-8(17)4-6(5-21)9(18)16-7(10(19)20)2-1-3-15-11(13)14/h6-7,21H,1-5H2,(H2,12,17)(H,16,18)(H,19,20)(H4,13,14,15)/t6?,7-/m0/s1. The molecule has 0 aromatic carbocycles. The number of carboxylic acid groups (broad SMARTS) is 1. The maximum atomic E-state index is 11.9. The summed E-state index contributed by atoms with van der Waals surface area (Å²) in [6, 6.07) is -1.08. The molecule has 0 aromatic heterocycles. The van der Waals surface area contributed by atoms with Crippen molar-refractivity contribution in [1.29, 1.82) is 0 Å². The molecule has 0 saturated heterocycles. The van der Waals surface area contributed by atoms with Crippen LogP contribution in [0.5, 0.6) is 0 Å². The summed E-state index contributed by atoms with van der Waals surface area (Å²) in [6.45, 7) is 0.263. The van der Waals surface area contributed by atoms with E-state index in [1.165, 1.54) is 0 Å². The van der Waals surface area contributed by atoms with E-state index in [-0.39, 0.29) is 31.1 Å². The lowest BCUT2D eigenvalue weighted by Gasteiger charge is -2.18. The monoisotopic (exact) mass is 319 g/mol. The van der Waals surface area contributed by atoms with Gasteiger partial charge in [0.2, 0.25) is 11.8 Å². The summed E-state index contributed by atoms with van der Waals surface area (Å²) >= 11 is 3.95. The quantitative estimate of drug-likeness (QED) is 0.118. The van der Waals surface area contributed by atoms with Gasteiger partial charge in [-0.1, -0.05) is 0 Å². The van der Waals surface area contributed by atoms with Crippen molar-refractivity contribution in [1.82, 2.24) is 5.32 Å². The first-order chi connectivity index (χ1) is 9.77. The second kappa shape index (κ2) is 9.86. The molecule has 0 heterocycles. The van der Waals surface area contributed by atoms with Crippen molar-refractivity contribution in [2.75, 3.05) is 12.3 Å². The van der Waals surface area contributed by atoms with Crippen molar-refractivity contribution in [3.63, 3.8) is 0 Å². The molecule has 0 spiro atoms. The van der Waals surface area contributed by atoms with Crippen LogP contribution < -0.4 is 22.5 Å². The minimum absolute atomic E-state index is 0.0810. The fourth-order valence-corrected chi connectivity index (χ4v) is 1.83. The number of nitrogens with one attached hydrogen (secondary N) is 1. The number of nitrogens with zero attached hydrogens (tertiary/aromatic N) is 1. The molecule has 0 saturated carbocycles. The topological polar surface area (TPSA) is 174 Å². The van der Waals surface area contributed by atoms with Crippen molar-refractivity contribution in [3.8, 4) is 0 Å². The van der Waals surface area contributed by atoms with Crippen LogP contribution in [0, 0.1) is 5.92 Å². The van der Waals surface area contributed by atoms with Gasteiger partial charge in [-0.25, -0.2) is 4.79 Å². The van der Waals surface area contributed by atoms with Crippen molar-refractivity contribution < 1.29 is 19.5 Å². The van der Waals surface area contributed by atoms with E-state index >= 15 is 0 Å². The normalized spacial score (nSPS) is 13.0. The van der Waals surface area contributed by atoms with Crippen LogP contribution in [0.1, 0.15) is 19.3 Å². The Hall–Kier alpha value is -1.97. The van der Waals surface area contributed by atoms with Crippen molar-refractivity contribution in [2.24, 2.45) is 28.1 Å². The second-order valence-corrected chi connectivity index (χ2v) is 4.76. The fraction of sp³-hybridized carbons (Fsp3) is 0.636. The van der Waals surface area contributed by atoms with Crippen LogP contribution in [0.25, 0.3) is 0 Å². The summed E-state index contributed by atoms with van der Waals surface area (Å²) in [7, 11) is 0. The van der Waals surface area contributed by atoms with Crippen LogP contribution in [0.15, 0.2) is 4.99 Å². The summed E-state index contributed by atoms with van der Waals surface area (Å²) in [5.41, 5.74) is 15.3. The number of aliphatic imine (C=N–C) groups is 1. The Morgan fingerprint density at radius 2 is 1.86 bits per heavy atom. The Morgan fingerprint density at radius 3 is 2.29 bits per heavy atom. The van der Waals surface area contributed by atoms with Crippen LogP contribution in [-0.4, -0.2) is 47.2 Å². The summed E-state index contributed by atoms with van der Waals surface area (Å²) in [4.78, 5) is 37.5. The molecule has 0 aromatic rings. The molecule has 0 aliphatic carbocycles. The first kappa shape index (κ1) is 19.0. The molecule has 0 bridgehead atoms. The Kier molecular flexibility index (Phi) is 8.93. The van der Waals surface area contributed by atoms with Crippen LogP contribution >= 0.6 is 12.6 Å². The number of thiol groups is 1. The van der Waals surface area contributed by atoms with Gasteiger partial charge in [0.1, 0.15) is 6.04 Å². The van der Waals surface area contributed by atoms with E-state index in [1.54, 1.807) is 0 Å². The van der Waals surface area contributed by atoms with E-state index in [2.05, 4.69) is 22.9 Å². The first-order valence-corrected chi connectivity index (χ1v) is 6.88. The van der Waals surface area contributed by atoms with Crippen molar-refractivity contribution in [2.45, 2.75) is 25.3 Å². The molecule has 21 heavy (non-hydrogen) atoms. The molecule has 0 aliphatic heterocycles. The number of aliphatic carboxylic acids is 1. The van der Waals surface area contributed by atoms with Gasteiger partial charge in [0.15, 0.2) is 5.96 Å². The number of nitrogens with two attached hydrogens (primary N) is 3. The molecule has 120 valence electrons. The molecule has 0 radical (unpaired) electrons. The number of carbonyl (C=O) groups is 3. The van der Waals surface area contributed by atoms with Gasteiger partial charge in [-0.2, -0.15) is 12.6 Å². The SMILES string of the molecule is NC(=O)CC(CS)C(=O)N[C@@H](CCCN=C(N)N)C(=O)O. The molecule has 0 rings (SSSR count). The minimum atomic E-state index is -1.18. The molecular formula is C11H21N5O4S. The molecule has 9 nitrogen and oxygen atoms in total. The average Bonchev–Trinajstić information content (AvgIpc) is 2.38. The molecule has 0 aliphatic rings. The highest BCUT2D eigenvalue weighted by atomic mass is 32.1. The van der Waals surface area contributed by atoms with Crippen molar-refractivity contribution in [3.05, 3.63) is 0 Å². The number of primary amides is 1. The maximum Gasteiger partial charge on any atom is 0.326 e. The summed E-state index contributed by atoms with van der Waals surface area (Å²) in [5, 5.41) is 11.4. The smallest absolute Gasteiger partial charge is 0.326 e. The Balaban J connectivity index is 4.47. The Labute approximate surface area is 127 Å². The predicted molar refractivity (Wildman–Crippen MR) is 80.6 cm³/mol. The maximum absolute atomic E-state index is 11.9. The molecule has 2 amide bonds. The highest BCUT2D eigenvalue weighted by Crippen LogP contribution is 2.07. The molecular weight excluding hydrogens is 298 g/mol. The third-order valence-corrected chi connectivity index (χ3v) is 3.04. The molecule has 0 fully saturated rings. The zero-order chi connectivity index (χ0) is 16.4. The summed E-state index contributed by atoms with van der Waals surface area (Å²) in [5.74, 6) is -3.14. The van der Waals surface area contributed by atoms with Gasteiger partial charge in [-0.05, 0) is 12.8 Å². The van der Waals surface area contributed by atoms with E-state index in [4.69, 9.17) is 22.3 Å². The number of rotatable bonds is 10. The number of carboxylic acids is 1. The molecule has 8 N–H and O–H groups in total. The van der Waals surface area contributed by atoms with Gasteiger partial charge < -0.3 is 27.6 Å². The highest BCUT2D eigenvalue weighted by Gasteiger charge is 2.25. The summed E-state index contributed by atoms with van der Waals surface area (Å²) in [6.07, 6.45) is 0.361. The van der Waals surface area contributed by atoms with E-state index in [1.807, 2.05) is 0 Å². The zero-order valence-electron chi connectivity index (χ0n) is 11.5. The van der Waals surface area contributed by atoms with Crippen LogP contribution in [-0.2, 0) is 14.4 Å². The van der Waals surface area contributed by atoms with Gasteiger partial charge in [0, 0.05) is 18.7 Å². The van der Waals surface area contributed by atoms with E-state index < -0.39 is 29.7 Å². The lowest BCUT2D eigenvalue weighted by molar-refractivity contribution is -0.142. The van der Waals surface area contributed by atoms with Gasteiger partial charge in [0.05, 0.1) is 5.92 Å². The van der Waals surface area contributed by atoms with Gasteiger partial charge in [-0.15, -0.1) is 0 Å². The van der Waals surface area contributed by atoms with Crippen LogP contribution in [0.3, 0.4) is 0 Å². The number of carbonyl (C=O) groups excluding carboxylic acids is 2. The predicted octanol–water partition coefficient (Wildman–Crippen LogP) is -1.97. The lowest BCUT2D eigenvalue weighted by Crippen LogP contribution is -2.45. The van der Waals surface area contributed by atoms with Crippen LogP contribution in [0.2, 0.25) is 0 Å². The minimum Gasteiger partial charge on any atom is -0.480 e.